The molecule has 2 bridgehead atoms. The number of hydrogen-bond donors (Lipinski definition) is 8. The second-order valence-electron chi connectivity index (χ2n) is 24.2. The molecule has 25 nitrogen and oxygen atoms in total. The number of carbonyl (C=O) groups excluding carboxylic acids is 9. The van der Waals surface area contributed by atoms with E-state index in [4.69, 9.17) is 44.4 Å². The van der Waals surface area contributed by atoms with Crippen LogP contribution in [0.4, 0.5) is 0 Å². The van der Waals surface area contributed by atoms with Gasteiger partial charge in [0.25, 0.3) is 5.91 Å². The minimum atomic E-state index is -2.55. The third kappa shape index (κ3) is 14.9. The predicted molar refractivity (Wildman–Crippen MR) is 322 cm³/mol. The monoisotopic (exact) mass is 1290 g/mol. The van der Waals surface area contributed by atoms with Crippen LogP contribution in [0.15, 0.2) is 102 Å². The Kier molecular flexibility index (Phi) is 22.2. The van der Waals surface area contributed by atoms with E-state index in [1.807, 2.05) is 0 Å². The maximum atomic E-state index is 15.9. The Labute approximate surface area is 527 Å². The summed E-state index contributed by atoms with van der Waals surface area (Å²) in [4.78, 5) is 150. The lowest BCUT2D eigenvalue weighted by Crippen LogP contribution is -2.82. The number of Topliss-reactive ketones (excluding diaryl/α,β-unsaturated/α-hetero) is 1. The molecule has 1 aliphatic heterocycles. The molecule has 90 heavy (non-hydrogen) atoms. The van der Waals surface area contributed by atoms with Gasteiger partial charge in [-0.1, -0.05) is 102 Å². The van der Waals surface area contributed by atoms with Crippen LogP contribution < -0.4 is 21.7 Å². The number of amides is 3. The highest BCUT2D eigenvalue weighted by molar-refractivity contribution is 8.76. The van der Waals surface area contributed by atoms with E-state index in [9.17, 15) is 53.4 Å². The van der Waals surface area contributed by atoms with Crippen molar-refractivity contribution in [2.45, 2.75) is 153 Å². The molecule has 4 aliphatic rings. The fourth-order valence-corrected chi connectivity index (χ4v) is 14.8. The highest BCUT2D eigenvalue weighted by atomic mass is 33.1. The summed E-state index contributed by atoms with van der Waals surface area (Å²) in [6.07, 6.45) is -12.0. The second-order valence-corrected chi connectivity index (χ2v) is 26.8. The van der Waals surface area contributed by atoms with Crippen molar-refractivity contribution >= 4 is 86.9 Å². The van der Waals surface area contributed by atoms with Gasteiger partial charge in [0.05, 0.1) is 35.0 Å². The van der Waals surface area contributed by atoms with Gasteiger partial charge in [0.2, 0.25) is 17.9 Å². The van der Waals surface area contributed by atoms with Crippen LogP contribution in [0.3, 0.4) is 0 Å². The molecule has 3 aromatic rings. The van der Waals surface area contributed by atoms with E-state index < -0.39 is 173 Å². The number of ether oxygens (including phenoxy) is 6. The molecular weight excluding hydrogens is 1210 g/mol. The Morgan fingerprint density at radius 3 is 2.00 bits per heavy atom. The Morgan fingerprint density at radius 2 is 1.43 bits per heavy atom. The fourth-order valence-electron chi connectivity index (χ4n) is 12.3. The van der Waals surface area contributed by atoms with E-state index >= 15 is 9.59 Å². The number of hydrogen-bond acceptors (Lipinski definition) is 22. The number of carboxylic acid groups (broad SMARTS) is 2. The number of carboxylic acids is 2. The number of fused-ring (bicyclic) bond motifs is 5. The minimum Gasteiger partial charge on any atom is -0.480 e. The summed E-state index contributed by atoms with van der Waals surface area (Å²) in [7, 11) is 2.24. The first-order valence-electron chi connectivity index (χ1n) is 29.0. The first kappa shape index (κ1) is 69.8. The summed E-state index contributed by atoms with van der Waals surface area (Å²) >= 11 is 0. The molecule has 486 valence electrons. The largest absolute Gasteiger partial charge is 0.480 e. The third-order valence-corrected chi connectivity index (χ3v) is 19.9. The van der Waals surface area contributed by atoms with Gasteiger partial charge in [-0.15, -0.1) is 0 Å². The van der Waals surface area contributed by atoms with Crippen molar-refractivity contribution in [2.24, 2.45) is 27.9 Å². The lowest BCUT2D eigenvalue weighted by Gasteiger charge is -2.67. The molecule has 27 heteroatoms. The Balaban J connectivity index is 1.28. The SMILES string of the molecule is CC(=O)O[C@H]1C(=O)[C@@]2(C)[C@H]([C@H](OC(=O)c3ccccc3)[C@]3(O)C[C@H](OC(=O)[C@H](OC(=O)C(C)(C)CCSSC[C@H](NC(=O)CC[C@H](N)C(=O)O)C(=O)NCC(=O)O)[C@@H](NC(=O)c4ccccc4)c4ccccc4)C(C)=C1C3(C)C)[C@]1(OC(C)=O)CO[C@@H]1C[C@@H]2O. The van der Waals surface area contributed by atoms with Gasteiger partial charge in [-0.2, -0.15) is 0 Å². The van der Waals surface area contributed by atoms with Crippen LogP contribution in [0.5, 0.6) is 0 Å². The number of esters is 5. The first-order valence-corrected chi connectivity index (χ1v) is 31.5. The number of nitrogens with one attached hydrogen (secondary N) is 3. The number of nitrogens with two attached hydrogens (primary N) is 1. The van der Waals surface area contributed by atoms with Gasteiger partial charge in [0.1, 0.15) is 48.6 Å². The van der Waals surface area contributed by atoms with Gasteiger partial charge in [-0.05, 0) is 81.5 Å². The summed E-state index contributed by atoms with van der Waals surface area (Å²) in [6, 6.07) is 19.4. The number of carbonyl (C=O) groups is 11. The first-order chi connectivity index (χ1) is 42.3. The lowest BCUT2D eigenvalue weighted by atomic mass is 9.44. The normalized spacial score (nSPS) is 26.2. The standard InChI is InChI=1S/C63H76N4O21S2/c1-33-41(29-63(82)52(87-56(79)38-22-16-11-17-23-38)50-61(8,42(70)28-43-62(50,32-83-43)88-35(3)69)51(74)48(84-34(2)68)46(33)60(63,6)7)85-57(80)49(47(36-18-12-9-13-19-36)67-53(75)37-20-14-10-15-21-37)86-58(81)59(4,5)26-27-89-90-31-40(54(76)65-30-45(72)73)66-44(71)25-24-39(64)55(77)78/h9-23,39-43,47-50,52,70,82H,24-32,64H2,1-8H3,(H,65,76)(H,66,71)(H,67,75)(H,72,73)(H,77,78)/t39-,40-,41-,42-,43+,47-,48+,49+,50-,52-,61+,62-,63+/m0/s1. The number of ketones is 1. The molecule has 3 amide bonds. The van der Waals surface area contributed by atoms with E-state index in [2.05, 4.69) is 16.0 Å². The predicted octanol–water partition coefficient (Wildman–Crippen LogP) is 3.96. The van der Waals surface area contributed by atoms with Gasteiger partial charge in [0.15, 0.2) is 17.5 Å². The zero-order valence-corrected chi connectivity index (χ0v) is 52.6. The van der Waals surface area contributed by atoms with Crippen molar-refractivity contribution in [2.75, 3.05) is 24.7 Å². The summed E-state index contributed by atoms with van der Waals surface area (Å²) in [5.41, 5.74) is -3.99. The Morgan fingerprint density at radius 1 is 0.822 bits per heavy atom. The van der Waals surface area contributed by atoms with E-state index in [-0.39, 0.29) is 65.0 Å². The van der Waals surface area contributed by atoms with E-state index in [1.54, 1.807) is 66.7 Å². The number of rotatable bonds is 26. The van der Waals surface area contributed by atoms with Gasteiger partial charge in [-0.25, -0.2) is 9.59 Å². The van der Waals surface area contributed by atoms with Crippen LogP contribution in [-0.4, -0.2) is 170 Å². The van der Waals surface area contributed by atoms with Crippen LogP contribution >= 0.6 is 21.6 Å². The van der Waals surface area contributed by atoms with Crippen LogP contribution in [0.1, 0.15) is 120 Å². The zero-order chi connectivity index (χ0) is 66.3. The molecule has 0 radical (unpaired) electrons. The average molecular weight is 1290 g/mol. The second kappa shape index (κ2) is 28.6. The van der Waals surface area contributed by atoms with Crippen molar-refractivity contribution in [1.82, 2.24) is 16.0 Å². The highest BCUT2D eigenvalue weighted by Crippen LogP contribution is 2.64. The van der Waals surface area contributed by atoms with Crippen LogP contribution in [0.2, 0.25) is 0 Å². The van der Waals surface area contributed by atoms with Gasteiger partial charge >= 0.3 is 41.8 Å². The number of aliphatic hydroxyl groups excluding tert-OH is 1. The average Bonchev–Trinajstić information content (AvgIpc) is 0.671. The van der Waals surface area contributed by atoms with Crippen molar-refractivity contribution in [3.05, 3.63) is 119 Å². The Bertz CT molecular complexity index is 3260. The minimum absolute atomic E-state index is 0.00142. The topological polar surface area (TPSA) is 386 Å². The molecule has 2 saturated carbocycles. The molecule has 1 saturated heterocycles. The maximum absolute atomic E-state index is 15.9. The summed E-state index contributed by atoms with van der Waals surface area (Å²) in [5, 5.41) is 52.3. The fraction of sp³-hybridized carbons (Fsp3) is 0.508. The molecule has 3 aromatic carbocycles. The lowest BCUT2D eigenvalue weighted by molar-refractivity contribution is -0.346. The van der Waals surface area contributed by atoms with Gasteiger partial charge in [-0.3, -0.25) is 43.2 Å². The van der Waals surface area contributed by atoms with E-state index in [0.717, 1.165) is 35.4 Å². The number of aliphatic hydroxyl groups is 2. The molecular formula is C63H76N4O21S2. The van der Waals surface area contributed by atoms with E-state index in [1.165, 1.54) is 65.8 Å². The summed E-state index contributed by atoms with van der Waals surface area (Å²) < 4.78 is 37.3. The molecule has 0 unspecified atom stereocenters. The molecule has 1 heterocycles. The number of aliphatic carboxylic acids is 2. The van der Waals surface area contributed by atoms with Crippen molar-refractivity contribution in [1.29, 1.82) is 0 Å². The third-order valence-electron chi connectivity index (χ3n) is 17.4. The van der Waals surface area contributed by atoms with Crippen molar-refractivity contribution in [3.63, 3.8) is 0 Å². The summed E-state index contributed by atoms with van der Waals surface area (Å²) in [6.45, 7) is 9.90. The molecule has 0 spiro atoms. The van der Waals surface area contributed by atoms with Crippen LogP contribution in [0, 0.1) is 22.2 Å². The highest BCUT2D eigenvalue weighted by Gasteiger charge is 2.78. The molecule has 3 fully saturated rings. The quantitative estimate of drug-likeness (QED) is 0.0185. The Hall–Kier alpha value is -7.69. The number of benzene rings is 3. The zero-order valence-electron chi connectivity index (χ0n) is 50.9. The van der Waals surface area contributed by atoms with E-state index in [0.29, 0.717) is 0 Å². The smallest absolute Gasteiger partial charge is 0.350 e. The molecule has 0 aromatic heterocycles. The van der Waals surface area contributed by atoms with Crippen LogP contribution in [0.25, 0.3) is 0 Å². The molecule has 3 aliphatic carbocycles. The molecule has 9 N–H and O–H groups in total. The van der Waals surface area contributed by atoms with Crippen molar-refractivity contribution < 1.29 is 102 Å². The molecule has 7 rings (SSSR count). The van der Waals surface area contributed by atoms with Gasteiger partial charge in [0, 0.05) is 55.6 Å². The van der Waals surface area contributed by atoms with Crippen molar-refractivity contribution in [3.8, 4) is 0 Å². The molecule has 13 atom stereocenters. The van der Waals surface area contributed by atoms with Gasteiger partial charge < -0.3 is 70.5 Å². The maximum Gasteiger partial charge on any atom is 0.350 e. The van der Waals surface area contributed by atoms with Crippen LogP contribution in [-0.2, 0) is 71.6 Å². The summed E-state index contributed by atoms with van der Waals surface area (Å²) in [5.74, 6) is -12.6.